The maximum atomic E-state index is 12.9. The van der Waals surface area contributed by atoms with Gasteiger partial charge >= 0.3 is 0 Å². The first-order chi connectivity index (χ1) is 5.61. The molecule has 1 aliphatic carbocycles. The van der Waals surface area contributed by atoms with Crippen LogP contribution in [0.1, 0.15) is 33.1 Å². The topological polar surface area (TPSA) is 29.1 Å². The Kier molecular flexibility index (Phi) is 2.84. The van der Waals surface area contributed by atoms with Crippen LogP contribution in [0.4, 0.5) is 4.39 Å². The Balaban J connectivity index is 2.58. The summed E-state index contributed by atoms with van der Waals surface area (Å²) in [6.45, 7) is 3.73. The smallest absolute Gasteiger partial charge is 0.250 e. The number of amides is 1. The maximum Gasteiger partial charge on any atom is 0.250 e. The van der Waals surface area contributed by atoms with E-state index >= 15 is 0 Å². The van der Waals surface area contributed by atoms with Gasteiger partial charge in [-0.05, 0) is 33.1 Å². The number of halogens is 1. The molecule has 0 bridgehead atoms. The zero-order valence-corrected chi connectivity index (χ0v) is 7.48. The van der Waals surface area contributed by atoms with Crippen LogP contribution in [0.3, 0.4) is 0 Å². The summed E-state index contributed by atoms with van der Waals surface area (Å²) in [6, 6.07) is 0.0819. The number of carbonyl (C=O) groups is 1. The minimum absolute atomic E-state index is 0.0819. The van der Waals surface area contributed by atoms with E-state index in [0.29, 0.717) is 18.4 Å². The molecule has 0 radical (unpaired) electrons. The molecule has 0 atom stereocenters. The second-order valence-corrected chi connectivity index (χ2v) is 3.37. The maximum absolute atomic E-state index is 12.9. The zero-order valence-electron chi connectivity index (χ0n) is 7.48. The quantitative estimate of drug-likeness (QED) is 0.675. The van der Waals surface area contributed by atoms with E-state index < -0.39 is 0 Å². The van der Waals surface area contributed by atoms with Crippen molar-refractivity contribution in [3.8, 4) is 0 Å². The Morgan fingerprint density at radius 2 is 2.17 bits per heavy atom. The van der Waals surface area contributed by atoms with Gasteiger partial charge in [-0.15, -0.1) is 0 Å². The molecule has 1 aliphatic rings. The van der Waals surface area contributed by atoms with Crippen molar-refractivity contribution in [1.82, 2.24) is 5.32 Å². The number of hydrogen-bond acceptors (Lipinski definition) is 1. The van der Waals surface area contributed by atoms with Crippen LogP contribution >= 0.6 is 0 Å². The summed E-state index contributed by atoms with van der Waals surface area (Å²) in [6.07, 6.45) is 1.79. The fourth-order valence-electron chi connectivity index (χ4n) is 1.29. The van der Waals surface area contributed by atoms with Crippen molar-refractivity contribution >= 4 is 5.91 Å². The summed E-state index contributed by atoms with van der Waals surface area (Å²) in [4.78, 5) is 11.3. The van der Waals surface area contributed by atoms with Crippen molar-refractivity contribution in [2.45, 2.75) is 39.2 Å². The van der Waals surface area contributed by atoms with E-state index in [2.05, 4.69) is 5.32 Å². The predicted octanol–water partition coefficient (Wildman–Crippen LogP) is 1.92. The summed E-state index contributed by atoms with van der Waals surface area (Å²) in [7, 11) is 0. The lowest BCUT2D eigenvalue weighted by atomic mass is 10.2. The van der Waals surface area contributed by atoms with Gasteiger partial charge in [0.25, 0.3) is 0 Å². The van der Waals surface area contributed by atoms with Gasteiger partial charge < -0.3 is 5.32 Å². The standard InChI is InChI=1S/C9H14FNO/c1-6(2)11-9(12)7-4-3-5-8(7)10/h6H,3-5H2,1-2H3,(H,11,12). The molecule has 0 spiro atoms. The third-order valence-electron chi connectivity index (χ3n) is 1.84. The molecule has 0 unspecified atom stereocenters. The molecular formula is C9H14FNO. The molecule has 68 valence electrons. The van der Waals surface area contributed by atoms with Crippen LogP contribution in [-0.4, -0.2) is 11.9 Å². The van der Waals surface area contributed by atoms with Crippen molar-refractivity contribution in [1.29, 1.82) is 0 Å². The van der Waals surface area contributed by atoms with Gasteiger partial charge in [0.1, 0.15) is 5.83 Å². The summed E-state index contributed by atoms with van der Waals surface area (Å²) < 4.78 is 12.9. The molecule has 1 amide bonds. The van der Waals surface area contributed by atoms with E-state index in [9.17, 15) is 9.18 Å². The van der Waals surface area contributed by atoms with Crippen molar-refractivity contribution in [2.75, 3.05) is 0 Å². The first-order valence-electron chi connectivity index (χ1n) is 4.29. The van der Waals surface area contributed by atoms with Gasteiger partial charge in [-0.25, -0.2) is 4.39 Å². The molecule has 2 nitrogen and oxygen atoms in total. The highest BCUT2D eigenvalue weighted by atomic mass is 19.1. The molecule has 0 aromatic rings. The Hall–Kier alpha value is -0.860. The Labute approximate surface area is 71.8 Å². The Bertz CT molecular complexity index is 221. The van der Waals surface area contributed by atoms with Crippen molar-refractivity contribution in [2.24, 2.45) is 0 Å². The molecule has 0 aliphatic heterocycles. The van der Waals surface area contributed by atoms with E-state index in [1.165, 1.54) is 0 Å². The van der Waals surface area contributed by atoms with Gasteiger partial charge in [0.2, 0.25) is 5.91 Å². The molecule has 0 saturated carbocycles. The average molecular weight is 171 g/mol. The van der Waals surface area contributed by atoms with Crippen molar-refractivity contribution in [3.63, 3.8) is 0 Å². The molecule has 0 fully saturated rings. The van der Waals surface area contributed by atoms with Gasteiger partial charge in [0.15, 0.2) is 0 Å². The van der Waals surface area contributed by atoms with Crippen LogP contribution < -0.4 is 5.32 Å². The minimum atomic E-state index is -0.236. The highest BCUT2D eigenvalue weighted by molar-refractivity contribution is 5.94. The summed E-state index contributed by atoms with van der Waals surface area (Å²) >= 11 is 0. The summed E-state index contributed by atoms with van der Waals surface area (Å²) in [5.74, 6) is -0.465. The second kappa shape index (κ2) is 3.70. The van der Waals surface area contributed by atoms with Crippen molar-refractivity contribution in [3.05, 3.63) is 11.4 Å². The van der Waals surface area contributed by atoms with E-state index in [4.69, 9.17) is 0 Å². The lowest BCUT2D eigenvalue weighted by Crippen LogP contribution is -2.31. The molecule has 1 N–H and O–H groups in total. The number of allylic oxidation sites excluding steroid dienone is 1. The van der Waals surface area contributed by atoms with Crippen molar-refractivity contribution < 1.29 is 9.18 Å². The van der Waals surface area contributed by atoms with E-state index in [1.54, 1.807) is 0 Å². The van der Waals surface area contributed by atoms with Crippen LogP contribution in [0.5, 0.6) is 0 Å². The molecule has 12 heavy (non-hydrogen) atoms. The molecule has 0 saturated heterocycles. The molecule has 3 heteroatoms. The third kappa shape index (κ3) is 2.06. The SMILES string of the molecule is CC(C)NC(=O)C1=C(F)CCC1. The summed E-state index contributed by atoms with van der Waals surface area (Å²) in [5.41, 5.74) is 0.351. The fraction of sp³-hybridized carbons (Fsp3) is 0.667. The van der Waals surface area contributed by atoms with E-state index in [1.807, 2.05) is 13.8 Å². The van der Waals surface area contributed by atoms with Gasteiger partial charge in [-0.1, -0.05) is 0 Å². The number of carbonyl (C=O) groups excluding carboxylic acids is 1. The van der Waals surface area contributed by atoms with Crippen LogP contribution in [0.15, 0.2) is 11.4 Å². The largest absolute Gasteiger partial charge is 0.350 e. The van der Waals surface area contributed by atoms with Gasteiger partial charge in [0.05, 0.1) is 0 Å². The first-order valence-corrected chi connectivity index (χ1v) is 4.29. The summed E-state index contributed by atoms with van der Waals surface area (Å²) in [5, 5.41) is 2.68. The fourth-order valence-corrected chi connectivity index (χ4v) is 1.29. The highest BCUT2D eigenvalue weighted by Crippen LogP contribution is 2.26. The Morgan fingerprint density at radius 1 is 1.50 bits per heavy atom. The first kappa shape index (κ1) is 9.23. The average Bonchev–Trinajstić information content (AvgIpc) is 2.33. The number of hydrogen-bond donors (Lipinski definition) is 1. The lowest BCUT2D eigenvalue weighted by molar-refractivity contribution is -0.118. The monoisotopic (exact) mass is 171 g/mol. The molecule has 0 aromatic carbocycles. The third-order valence-corrected chi connectivity index (χ3v) is 1.84. The number of nitrogens with one attached hydrogen (secondary N) is 1. The van der Waals surface area contributed by atoms with Crippen LogP contribution in [0.25, 0.3) is 0 Å². The normalized spacial score (nSPS) is 17.3. The molecule has 0 heterocycles. The van der Waals surface area contributed by atoms with Crippen LogP contribution in [0, 0.1) is 0 Å². The molecular weight excluding hydrogens is 157 g/mol. The van der Waals surface area contributed by atoms with Gasteiger partial charge in [-0.2, -0.15) is 0 Å². The second-order valence-electron chi connectivity index (χ2n) is 3.37. The minimum Gasteiger partial charge on any atom is -0.350 e. The highest BCUT2D eigenvalue weighted by Gasteiger charge is 2.20. The molecule has 1 rings (SSSR count). The van der Waals surface area contributed by atoms with E-state index in [0.717, 1.165) is 6.42 Å². The Morgan fingerprint density at radius 3 is 2.58 bits per heavy atom. The van der Waals surface area contributed by atoms with Crippen LogP contribution in [-0.2, 0) is 4.79 Å². The predicted molar refractivity (Wildman–Crippen MR) is 45.3 cm³/mol. The van der Waals surface area contributed by atoms with Crippen LogP contribution in [0.2, 0.25) is 0 Å². The van der Waals surface area contributed by atoms with Gasteiger partial charge in [0, 0.05) is 11.6 Å². The van der Waals surface area contributed by atoms with Gasteiger partial charge in [-0.3, -0.25) is 4.79 Å². The van der Waals surface area contributed by atoms with E-state index in [-0.39, 0.29) is 17.8 Å². The number of rotatable bonds is 2. The lowest BCUT2D eigenvalue weighted by Gasteiger charge is -2.08. The molecule has 0 aromatic heterocycles. The zero-order chi connectivity index (χ0) is 9.14.